The van der Waals surface area contributed by atoms with E-state index in [2.05, 4.69) is 0 Å². The van der Waals surface area contributed by atoms with Gasteiger partial charge in [-0.05, 0) is 67.0 Å². The van der Waals surface area contributed by atoms with Gasteiger partial charge in [0.05, 0.1) is 5.57 Å². The molecule has 0 bridgehead atoms. The molecule has 0 unspecified atom stereocenters. The average Bonchev–Trinajstić information content (AvgIpc) is 2.75. The molecular weight excluding hydrogens is 425 g/mol. The van der Waals surface area contributed by atoms with Gasteiger partial charge in [-0.2, -0.15) is 13.2 Å². The zero-order valence-electron chi connectivity index (χ0n) is 19.6. The lowest BCUT2D eigenvalue weighted by Gasteiger charge is -2.24. The van der Waals surface area contributed by atoms with Crippen LogP contribution in [0.5, 0.6) is 0 Å². The van der Waals surface area contributed by atoms with Crippen molar-refractivity contribution in [2.45, 2.75) is 19.5 Å². The number of carbonyl (C=O) groups excluding carboxylic acids is 1. The predicted octanol–water partition coefficient (Wildman–Crippen LogP) is 5.99. The van der Waals surface area contributed by atoms with Crippen LogP contribution in [0, 0.1) is 6.92 Å². The van der Waals surface area contributed by atoms with Crippen LogP contribution >= 0.6 is 0 Å². The molecule has 0 heterocycles. The minimum atomic E-state index is -4.73. The fraction of sp³-hybridized carbons (Fsp3) is 0.296. The number of fused-ring (bicyclic) bond motifs is 1. The molecular formula is C27H29F3N2O. The van der Waals surface area contributed by atoms with E-state index in [1.54, 1.807) is 55.4 Å². The number of aldehydes is 1. The smallest absolute Gasteiger partial charge is 0.377 e. The Morgan fingerprint density at radius 2 is 1.58 bits per heavy atom. The van der Waals surface area contributed by atoms with E-state index in [9.17, 15) is 18.0 Å². The van der Waals surface area contributed by atoms with Crippen LogP contribution in [0.15, 0.2) is 54.6 Å². The van der Waals surface area contributed by atoms with E-state index in [4.69, 9.17) is 0 Å². The monoisotopic (exact) mass is 454 g/mol. The predicted molar refractivity (Wildman–Crippen MR) is 131 cm³/mol. The van der Waals surface area contributed by atoms with Crippen LogP contribution in [-0.4, -0.2) is 52.1 Å². The zero-order chi connectivity index (χ0) is 24.3. The van der Waals surface area contributed by atoms with Gasteiger partial charge < -0.3 is 9.80 Å². The largest absolute Gasteiger partial charge is 0.417 e. The first kappa shape index (κ1) is 24.5. The van der Waals surface area contributed by atoms with Crippen LogP contribution in [0.2, 0.25) is 0 Å². The summed E-state index contributed by atoms with van der Waals surface area (Å²) in [5.41, 5.74) is 1.15. The summed E-state index contributed by atoms with van der Waals surface area (Å²) in [5, 5.41) is 1.44. The van der Waals surface area contributed by atoms with Gasteiger partial charge in [-0.15, -0.1) is 0 Å². The van der Waals surface area contributed by atoms with Crippen LogP contribution in [0.4, 0.5) is 18.9 Å². The van der Waals surface area contributed by atoms with Crippen molar-refractivity contribution in [3.8, 4) is 0 Å². The highest BCUT2D eigenvalue weighted by Gasteiger charge is 2.39. The Bertz CT molecular complexity index is 1190. The molecule has 6 heteroatoms. The van der Waals surface area contributed by atoms with Crippen molar-refractivity contribution in [2.24, 2.45) is 0 Å². The third-order valence-corrected chi connectivity index (χ3v) is 5.76. The number of allylic oxidation sites excluding steroid dienone is 2. The first-order valence-corrected chi connectivity index (χ1v) is 10.7. The second-order valence-electron chi connectivity index (χ2n) is 8.68. The highest BCUT2D eigenvalue weighted by atomic mass is 19.4. The molecule has 0 radical (unpaired) electrons. The topological polar surface area (TPSA) is 23.6 Å². The van der Waals surface area contributed by atoms with E-state index in [0.717, 1.165) is 16.5 Å². The standard InChI is InChI=1S/C27H29F3N2O/c1-18-8-6-10-21-20(18)9-7-11-22(21)24(17-33)26(27(28,29)30)23-16-19(14-15-31(2)3)12-13-25(23)32(4)5/h6-13,16-17H,14-15H2,1-5H3/b26-24-. The quantitative estimate of drug-likeness (QED) is 0.249. The Balaban J connectivity index is 2.38. The van der Waals surface area contributed by atoms with Gasteiger partial charge in [-0.3, -0.25) is 4.79 Å². The minimum absolute atomic E-state index is 0.00973. The van der Waals surface area contributed by atoms with Crippen molar-refractivity contribution in [1.29, 1.82) is 0 Å². The molecule has 0 saturated carbocycles. The van der Waals surface area contributed by atoms with Gasteiger partial charge in [0.25, 0.3) is 0 Å². The van der Waals surface area contributed by atoms with E-state index in [0.29, 0.717) is 30.3 Å². The van der Waals surface area contributed by atoms with Crippen LogP contribution < -0.4 is 4.90 Å². The molecule has 0 fully saturated rings. The van der Waals surface area contributed by atoms with E-state index < -0.39 is 11.7 Å². The summed E-state index contributed by atoms with van der Waals surface area (Å²) in [6.45, 7) is 2.61. The number of alkyl halides is 3. The highest BCUT2D eigenvalue weighted by molar-refractivity contribution is 6.22. The van der Waals surface area contributed by atoms with Crippen LogP contribution in [0.25, 0.3) is 21.9 Å². The molecule has 0 aliphatic rings. The van der Waals surface area contributed by atoms with Gasteiger partial charge in [-0.1, -0.05) is 42.5 Å². The lowest BCUT2D eigenvalue weighted by molar-refractivity contribution is -0.103. The Morgan fingerprint density at radius 3 is 2.18 bits per heavy atom. The fourth-order valence-corrected chi connectivity index (χ4v) is 4.09. The maximum Gasteiger partial charge on any atom is 0.417 e. The van der Waals surface area contributed by atoms with Gasteiger partial charge in [0.15, 0.2) is 6.29 Å². The Morgan fingerprint density at radius 1 is 0.909 bits per heavy atom. The average molecular weight is 455 g/mol. The first-order chi connectivity index (χ1) is 15.5. The lowest BCUT2D eigenvalue weighted by Crippen LogP contribution is -2.19. The number of halogens is 3. The maximum absolute atomic E-state index is 14.7. The number of carbonyl (C=O) groups is 1. The van der Waals surface area contributed by atoms with Gasteiger partial charge >= 0.3 is 6.18 Å². The van der Waals surface area contributed by atoms with Crippen LogP contribution in [0.3, 0.4) is 0 Å². The van der Waals surface area contributed by atoms with E-state index in [-0.39, 0.29) is 16.7 Å². The summed E-state index contributed by atoms with van der Waals surface area (Å²) in [4.78, 5) is 15.9. The van der Waals surface area contributed by atoms with Crippen LogP contribution in [-0.2, 0) is 11.2 Å². The second kappa shape index (κ2) is 9.79. The number of anilines is 1. The Labute approximate surface area is 193 Å². The SMILES string of the molecule is Cc1cccc2c(/C(C=O)=C(/c3cc(CCN(C)C)ccc3N(C)C)C(F)(F)F)cccc12. The molecule has 0 spiro atoms. The van der Waals surface area contributed by atoms with Crippen molar-refractivity contribution in [2.75, 3.05) is 39.6 Å². The molecule has 3 aromatic rings. The molecule has 3 nitrogen and oxygen atoms in total. The van der Waals surface area contributed by atoms with Crippen molar-refractivity contribution >= 4 is 33.9 Å². The zero-order valence-corrected chi connectivity index (χ0v) is 19.6. The molecule has 3 aromatic carbocycles. The maximum atomic E-state index is 14.7. The molecule has 0 atom stereocenters. The summed E-state index contributed by atoms with van der Waals surface area (Å²) in [6, 6.07) is 15.7. The number of hydrogen-bond donors (Lipinski definition) is 0. The number of aryl methyl sites for hydroxylation is 1. The second-order valence-corrected chi connectivity index (χ2v) is 8.68. The van der Waals surface area contributed by atoms with Gasteiger partial charge in [0.1, 0.15) is 0 Å². The third kappa shape index (κ3) is 5.28. The summed E-state index contributed by atoms with van der Waals surface area (Å²) in [5.74, 6) is 0. The number of nitrogens with zero attached hydrogens (tertiary/aromatic N) is 2. The van der Waals surface area contributed by atoms with Crippen LogP contribution in [0.1, 0.15) is 22.3 Å². The number of benzene rings is 3. The summed E-state index contributed by atoms with van der Waals surface area (Å²) >= 11 is 0. The minimum Gasteiger partial charge on any atom is -0.377 e. The van der Waals surface area contributed by atoms with E-state index >= 15 is 0 Å². The summed E-state index contributed by atoms with van der Waals surface area (Å²) in [6.07, 6.45) is -3.79. The molecule has 0 saturated heterocycles. The Kier molecular flexibility index (Phi) is 7.28. The molecule has 0 amide bonds. The molecule has 0 N–H and O–H groups in total. The number of likely N-dealkylation sites (N-methyl/N-ethyl adjacent to an activating group) is 1. The van der Waals surface area contributed by atoms with Gasteiger partial charge in [0, 0.05) is 37.5 Å². The lowest BCUT2D eigenvalue weighted by atomic mass is 9.89. The number of rotatable bonds is 7. The molecule has 3 rings (SSSR count). The highest BCUT2D eigenvalue weighted by Crippen LogP contribution is 2.44. The van der Waals surface area contributed by atoms with Crippen molar-refractivity contribution in [3.05, 3.63) is 76.9 Å². The molecule has 174 valence electrons. The summed E-state index contributed by atoms with van der Waals surface area (Å²) < 4.78 is 44.0. The molecule has 0 aliphatic carbocycles. The van der Waals surface area contributed by atoms with Crippen molar-refractivity contribution < 1.29 is 18.0 Å². The first-order valence-electron chi connectivity index (χ1n) is 10.7. The normalized spacial score (nSPS) is 12.8. The summed E-state index contributed by atoms with van der Waals surface area (Å²) in [7, 11) is 7.24. The number of hydrogen-bond acceptors (Lipinski definition) is 3. The van der Waals surface area contributed by atoms with Crippen molar-refractivity contribution in [1.82, 2.24) is 4.90 Å². The van der Waals surface area contributed by atoms with E-state index in [1.165, 1.54) is 0 Å². The molecule has 0 aromatic heterocycles. The van der Waals surface area contributed by atoms with Crippen molar-refractivity contribution in [3.63, 3.8) is 0 Å². The third-order valence-electron chi connectivity index (χ3n) is 5.76. The van der Waals surface area contributed by atoms with E-state index in [1.807, 2.05) is 44.1 Å². The van der Waals surface area contributed by atoms with Gasteiger partial charge in [0.2, 0.25) is 0 Å². The van der Waals surface area contributed by atoms with Gasteiger partial charge in [-0.25, -0.2) is 0 Å². The Hall–Kier alpha value is -3.12. The molecule has 33 heavy (non-hydrogen) atoms. The molecule has 0 aliphatic heterocycles. The fourth-order valence-electron chi connectivity index (χ4n) is 4.09.